The van der Waals surface area contributed by atoms with E-state index in [4.69, 9.17) is 14.2 Å². The Balaban J connectivity index is 1.16. The molecule has 3 aromatic rings. The minimum atomic E-state index is -0.113. The zero-order chi connectivity index (χ0) is 19.8. The summed E-state index contributed by atoms with van der Waals surface area (Å²) in [6, 6.07) is 11.5. The van der Waals surface area contributed by atoms with Crippen molar-refractivity contribution in [3.05, 3.63) is 42.0 Å². The van der Waals surface area contributed by atoms with Gasteiger partial charge in [0.25, 0.3) is 5.19 Å². The Morgan fingerprint density at radius 1 is 1.21 bits per heavy atom. The van der Waals surface area contributed by atoms with Crippen LogP contribution in [0.25, 0.3) is 10.2 Å². The van der Waals surface area contributed by atoms with Crippen molar-refractivity contribution in [1.29, 1.82) is 0 Å². The number of urea groups is 1. The van der Waals surface area contributed by atoms with E-state index in [-0.39, 0.29) is 18.9 Å². The number of carbonyl (C=O) groups excluding carboxylic acids is 1. The fourth-order valence-corrected chi connectivity index (χ4v) is 4.57. The van der Waals surface area contributed by atoms with Gasteiger partial charge in [0.05, 0.1) is 10.2 Å². The molecule has 0 atom stereocenters. The van der Waals surface area contributed by atoms with Crippen molar-refractivity contribution in [2.45, 2.75) is 25.9 Å². The molecule has 1 N–H and O–H groups in total. The maximum Gasteiger partial charge on any atom is 0.321 e. The second-order valence-electron chi connectivity index (χ2n) is 7.20. The van der Waals surface area contributed by atoms with Crippen molar-refractivity contribution >= 4 is 33.3 Å². The third kappa shape index (κ3) is 3.67. The molecular formula is C21H21N3O4S. The summed E-state index contributed by atoms with van der Waals surface area (Å²) in [6.45, 7) is 3.56. The second kappa shape index (κ2) is 7.44. The highest BCUT2D eigenvalue weighted by molar-refractivity contribution is 7.20. The fraction of sp³-hybridized carbons (Fsp3) is 0.333. The van der Waals surface area contributed by atoms with Gasteiger partial charge in [-0.15, -0.1) is 0 Å². The van der Waals surface area contributed by atoms with Crippen LogP contribution >= 0.6 is 11.3 Å². The molecule has 0 aliphatic carbocycles. The number of hydrogen-bond donors (Lipinski definition) is 1. The highest BCUT2D eigenvalue weighted by Gasteiger charge is 2.25. The molecule has 5 rings (SSSR count). The summed E-state index contributed by atoms with van der Waals surface area (Å²) in [5, 5.41) is 3.64. The maximum absolute atomic E-state index is 12.6. The molecule has 2 aliphatic heterocycles. The molecule has 2 aromatic carbocycles. The summed E-state index contributed by atoms with van der Waals surface area (Å²) >= 11 is 1.58. The van der Waals surface area contributed by atoms with Crippen LogP contribution in [0.5, 0.6) is 16.7 Å². The lowest BCUT2D eigenvalue weighted by atomic mass is 10.1. The van der Waals surface area contributed by atoms with Gasteiger partial charge in [0.1, 0.15) is 6.10 Å². The molecule has 150 valence electrons. The predicted molar refractivity (Wildman–Crippen MR) is 111 cm³/mol. The van der Waals surface area contributed by atoms with Gasteiger partial charge >= 0.3 is 6.03 Å². The summed E-state index contributed by atoms with van der Waals surface area (Å²) in [7, 11) is 0. The standard InChI is InChI=1S/C21H21N3O4S/c1-13-3-2-4-18-19(13)23-21(29-18)28-15-7-9-24(10-8-15)20(25)22-14-5-6-16-17(11-14)27-12-26-16/h2-6,11,15H,7-10,12H2,1H3,(H,22,25). The van der Waals surface area contributed by atoms with Crippen LogP contribution in [-0.4, -0.2) is 41.9 Å². The van der Waals surface area contributed by atoms with Crippen molar-refractivity contribution in [3.8, 4) is 16.7 Å². The van der Waals surface area contributed by atoms with Crippen LogP contribution in [0.1, 0.15) is 18.4 Å². The van der Waals surface area contributed by atoms with Gasteiger partial charge in [-0.05, 0) is 30.7 Å². The molecule has 0 saturated carbocycles. The van der Waals surface area contributed by atoms with Crippen molar-refractivity contribution in [1.82, 2.24) is 9.88 Å². The number of hydrogen-bond acceptors (Lipinski definition) is 6. The molecule has 8 heteroatoms. The van der Waals surface area contributed by atoms with E-state index in [2.05, 4.69) is 29.4 Å². The molecule has 1 fully saturated rings. The van der Waals surface area contributed by atoms with Gasteiger partial charge < -0.3 is 24.4 Å². The first kappa shape index (κ1) is 18.1. The van der Waals surface area contributed by atoms with Crippen molar-refractivity contribution < 1.29 is 19.0 Å². The lowest BCUT2D eigenvalue weighted by molar-refractivity contribution is 0.115. The predicted octanol–water partition coefficient (Wildman–Crippen LogP) is 4.41. The van der Waals surface area contributed by atoms with E-state index in [1.54, 1.807) is 23.5 Å². The number of fused-ring (bicyclic) bond motifs is 2. The van der Waals surface area contributed by atoms with E-state index in [0.29, 0.717) is 35.5 Å². The zero-order valence-electron chi connectivity index (χ0n) is 16.0. The number of para-hydroxylation sites is 1. The van der Waals surface area contributed by atoms with E-state index in [1.807, 2.05) is 17.0 Å². The van der Waals surface area contributed by atoms with E-state index in [9.17, 15) is 4.79 Å². The molecule has 1 saturated heterocycles. The van der Waals surface area contributed by atoms with Gasteiger partial charge in [0, 0.05) is 37.7 Å². The number of carbonyl (C=O) groups is 1. The molecule has 2 aliphatic rings. The van der Waals surface area contributed by atoms with Crippen LogP contribution in [0.4, 0.5) is 10.5 Å². The molecule has 29 heavy (non-hydrogen) atoms. The summed E-state index contributed by atoms with van der Waals surface area (Å²) in [4.78, 5) is 19.0. The first-order valence-electron chi connectivity index (χ1n) is 9.64. The third-order valence-electron chi connectivity index (χ3n) is 5.22. The summed E-state index contributed by atoms with van der Waals surface area (Å²) in [6.07, 6.45) is 1.64. The number of amides is 2. The van der Waals surface area contributed by atoms with Crippen molar-refractivity contribution in [2.24, 2.45) is 0 Å². The zero-order valence-corrected chi connectivity index (χ0v) is 16.8. The van der Waals surface area contributed by atoms with Crippen molar-refractivity contribution in [3.63, 3.8) is 0 Å². The van der Waals surface area contributed by atoms with E-state index < -0.39 is 0 Å². The fourth-order valence-electron chi connectivity index (χ4n) is 3.61. The summed E-state index contributed by atoms with van der Waals surface area (Å²) in [5.74, 6) is 1.35. The number of nitrogens with zero attached hydrogens (tertiary/aromatic N) is 2. The van der Waals surface area contributed by atoms with Gasteiger partial charge in [-0.25, -0.2) is 9.78 Å². The number of aryl methyl sites for hydroxylation is 1. The highest BCUT2D eigenvalue weighted by atomic mass is 32.1. The lowest BCUT2D eigenvalue weighted by Crippen LogP contribution is -2.43. The van der Waals surface area contributed by atoms with Crippen LogP contribution in [-0.2, 0) is 0 Å². The monoisotopic (exact) mass is 411 g/mol. The Hall–Kier alpha value is -3.00. The van der Waals surface area contributed by atoms with Crippen LogP contribution in [0.15, 0.2) is 36.4 Å². The normalized spacial score (nSPS) is 16.2. The number of anilines is 1. The number of nitrogens with one attached hydrogen (secondary N) is 1. The molecular weight excluding hydrogens is 390 g/mol. The van der Waals surface area contributed by atoms with Gasteiger partial charge in [0.2, 0.25) is 6.79 Å². The Labute approximate surface area is 172 Å². The van der Waals surface area contributed by atoms with Gasteiger partial charge in [-0.2, -0.15) is 0 Å². The number of aromatic nitrogens is 1. The largest absolute Gasteiger partial charge is 0.467 e. The van der Waals surface area contributed by atoms with Gasteiger partial charge in [-0.3, -0.25) is 0 Å². The average molecular weight is 411 g/mol. The summed E-state index contributed by atoms with van der Waals surface area (Å²) in [5.41, 5.74) is 2.86. The minimum absolute atomic E-state index is 0.0745. The SMILES string of the molecule is Cc1cccc2sc(OC3CCN(C(=O)Nc4ccc5c(c4)OCO5)CC3)nc12. The average Bonchev–Trinajstić information content (AvgIpc) is 3.35. The van der Waals surface area contributed by atoms with E-state index >= 15 is 0 Å². The van der Waals surface area contributed by atoms with Gasteiger partial charge in [-0.1, -0.05) is 23.5 Å². The second-order valence-corrected chi connectivity index (χ2v) is 8.20. The Bertz CT molecular complexity index is 1060. The molecule has 3 heterocycles. The molecule has 0 radical (unpaired) electrons. The smallest absolute Gasteiger partial charge is 0.321 e. The number of likely N-dealkylation sites (tertiary alicyclic amines) is 1. The molecule has 2 amide bonds. The van der Waals surface area contributed by atoms with Crippen LogP contribution < -0.4 is 19.5 Å². The Morgan fingerprint density at radius 2 is 2.03 bits per heavy atom. The third-order valence-corrected chi connectivity index (χ3v) is 6.13. The minimum Gasteiger partial charge on any atom is -0.467 e. The Morgan fingerprint density at radius 3 is 2.86 bits per heavy atom. The van der Waals surface area contributed by atoms with Crippen LogP contribution in [0, 0.1) is 6.92 Å². The first-order chi connectivity index (χ1) is 14.2. The van der Waals surface area contributed by atoms with Crippen molar-refractivity contribution in [2.75, 3.05) is 25.2 Å². The Kier molecular flexibility index (Phi) is 4.63. The van der Waals surface area contributed by atoms with Gasteiger partial charge in [0.15, 0.2) is 11.5 Å². The molecule has 0 bridgehead atoms. The van der Waals surface area contributed by atoms with E-state index in [0.717, 1.165) is 28.6 Å². The maximum atomic E-state index is 12.6. The molecule has 7 nitrogen and oxygen atoms in total. The number of ether oxygens (including phenoxy) is 3. The van der Waals surface area contributed by atoms with Crippen LogP contribution in [0.3, 0.4) is 0 Å². The molecule has 0 spiro atoms. The highest BCUT2D eigenvalue weighted by Crippen LogP contribution is 2.34. The summed E-state index contributed by atoms with van der Waals surface area (Å²) < 4.78 is 17.9. The number of thiazole rings is 1. The molecule has 1 aromatic heterocycles. The van der Waals surface area contributed by atoms with E-state index in [1.165, 1.54) is 0 Å². The lowest BCUT2D eigenvalue weighted by Gasteiger charge is -2.31. The number of rotatable bonds is 3. The topological polar surface area (TPSA) is 72.9 Å². The quantitative estimate of drug-likeness (QED) is 0.691. The number of piperidine rings is 1. The van der Waals surface area contributed by atoms with Crippen LogP contribution in [0.2, 0.25) is 0 Å². The first-order valence-corrected chi connectivity index (χ1v) is 10.5. The number of benzene rings is 2. The molecule has 0 unspecified atom stereocenters.